The van der Waals surface area contributed by atoms with Gasteiger partial charge in [-0.1, -0.05) is 20.3 Å². The van der Waals surface area contributed by atoms with E-state index in [0.29, 0.717) is 5.41 Å². The molecule has 1 nitrogen and oxygen atoms in total. The van der Waals surface area contributed by atoms with E-state index in [4.69, 9.17) is 5.73 Å². The number of rotatable bonds is 3. The van der Waals surface area contributed by atoms with E-state index in [9.17, 15) is 0 Å². The predicted octanol–water partition coefficient (Wildman–Crippen LogP) is 2.55. The van der Waals surface area contributed by atoms with Gasteiger partial charge in [0.05, 0.1) is 0 Å². The Morgan fingerprint density at radius 1 is 1.55 bits per heavy atom. The Bertz CT molecular complexity index is 122. The zero-order valence-corrected chi connectivity index (χ0v) is 7.90. The first-order valence-electron chi connectivity index (χ1n) is 4.90. The number of nitrogens with two attached hydrogens (primary N) is 1. The van der Waals surface area contributed by atoms with Gasteiger partial charge in [0, 0.05) is 0 Å². The van der Waals surface area contributed by atoms with Gasteiger partial charge in [-0.2, -0.15) is 0 Å². The summed E-state index contributed by atoms with van der Waals surface area (Å²) in [7, 11) is 0. The molecular formula is C10H21N. The molecule has 0 bridgehead atoms. The Balaban J connectivity index is 2.37. The van der Waals surface area contributed by atoms with Crippen molar-refractivity contribution in [3.05, 3.63) is 0 Å². The van der Waals surface area contributed by atoms with Gasteiger partial charge in [-0.15, -0.1) is 0 Å². The Morgan fingerprint density at radius 3 is 2.73 bits per heavy atom. The van der Waals surface area contributed by atoms with Crippen molar-refractivity contribution in [3.8, 4) is 0 Å². The van der Waals surface area contributed by atoms with Crippen LogP contribution in [-0.4, -0.2) is 6.54 Å². The summed E-state index contributed by atoms with van der Waals surface area (Å²) < 4.78 is 0. The fraction of sp³-hybridized carbons (Fsp3) is 1.00. The van der Waals surface area contributed by atoms with E-state index in [1.165, 1.54) is 32.1 Å². The molecule has 2 unspecified atom stereocenters. The van der Waals surface area contributed by atoms with Crippen LogP contribution in [0.2, 0.25) is 0 Å². The molecule has 66 valence electrons. The van der Waals surface area contributed by atoms with Gasteiger partial charge in [-0.05, 0) is 43.6 Å². The summed E-state index contributed by atoms with van der Waals surface area (Å²) >= 11 is 0. The van der Waals surface area contributed by atoms with E-state index in [2.05, 4.69) is 13.8 Å². The molecule has 2 N–H and O–H groups in total. The second-order valence-corrected chi connectivity index (χ2v) is 4.41. The summed E-state index contributed by atoms with van der Waals surface area (Å²) in [6, 6.07) is 0. The van der Waals surface area contributed by atoms with Gasteiger partial charge >= 0.3 is 0 Å². The normalized spacial score (nSPS) is 37.9. The second-order valence-electron chi connectivity index (χ2n) is 4.41. The SMILES string of the molecule is CCCC1(C)CCC(CN)C1. The largest absolute Gasteiger partial charge is 0.330 e. The van der Waals surface area contributed by atoms with Gasteiger partial charge in [0.1, 0.15) is 0 Å². The second kappa shape index (κ2) is 3.57. The van der Waals surface area contributed by atoms with Crippen LogP contribution >= 0.6 is 0 Å². The molecule has 1 saturated carbocycles. The average molecular weight is 155 g/mol. The third-order valence-electron chi connectivity index (χ3n) is 3.12. The maximum atomic E-state index is 5.65. The van der Waals surface area contributed by atoms with Crippen molar-refractivity contribution < 1.29 is 0 Å². The summed E-state index contributed by atoms with van der Waals surface area (Å²) in [6.07, 6.45) is 6.87. The summed E-state index contributed by atoms with van der Waals surface area (Å²) in [6.45, 7) is 5.60. The van der Waals surface area contributed by atoms with Gasteiger partial charge in [0.2, 0.25) is 0 Å². The van der Waals surface area contributed by atoms with Crippen LogP contribution in [0.1, 0.15) is 46.0 Å². The van der Waals surface area contributed by atoms with E-state index in [1.807, 2.05) is 0 Å². The van der Waals surface area contributed by atoms with Crippen molar-refractivity contribution in [2.45, 2.75) is 46.0 Å². The van der Waals surface area contributed by atoms with Crippen LogP contribution in [0.4, 0.5) is 0 Å². The van der Waals surface area contributed by atoms with Crippen LogP contribution in [0, 0.1) is 11.3 Å². The highest BCUT2D eigenvalue weighted by Gasteiger charge is 2.33. The topological polar surface area (TPSA) is 26.0 Å². The Labute approximate surface area is 70.4 Å². The molecule has 1 aliphatic carbocycles. The lowest BCUT2D eigenvalue weighted by Crippen LogP contribution is -2.15. The summed E-state index contributed by atoms with van der Waals surface area (Å²) in [5, 5.41) is 0. The van der Waals surface area contributed by atoms with Crippen molar-refractivity contribution in [2.75, 3.05) is 6.54 Å². The molecule has 0 spiro atoms. The maximum absolute atomic E-state index is 5.65. The molecule has 0 aliphatic heterocycles. The van der Waals surface area contributed by atoms with Crippen molar-refractivity contribution in [1.29, 1.82) is 0 Å². The maximum Gasteiger partial charge on any atom is -0.00487 e. The Kier molecular flexibility index (Phi) is 2.94. The Hall–Kier alpha value is -0.0400. The molecule has 11 heavy (non-hydrogen) atoms. The van der Waals surface area contributed by atoms with Crippen LogP contribution in [0.25, 0.3) is 0 Å². The highest BCUT2D eigenvalue weighted by atomic mass is 14.6. The molecule has 1 aliphatic rings. The number of hydrogen-bond donors (Lipinski definition) is 1. The summed E-state index contributed by atoms with van der Waals surface area (Å²) in [4.78, 5) is 0. The Morgan fingerprint density at radius 2 is 2.27 bits per heavy atom. The molecule has 0 aromatic heterocycles. The molecule has 0 saturated heterocycles. The van der Waals surface area contributed by atoms with Crippen molar-refractivity contribution in [3.63, 3.8) is 0 Å². The van der Waals surface area contributed by atoms with Gasteiger partial charge in [-0.25, -0.2) is 0 Å². The third kappa shape index (κ3) is 2.19. The molecule has 1 fully saturated rings. The lowest BCUT2D eigenvalue weighted by molar-refractivity contribution is 0.292. The first kappa shape index (κ1) is 9.05. The molecule has 2 atom stereocenters. The molecule has 1 rings (SSSR count). The minimum absolute atomic E-state index is 0.638. The first-order valence-corrected chi connectivity index (χ1v) is 4.90. The van der Waals surface area contributed by atoms with Crippen LogP contribution in [-0.2, 0) is 0 Å². The van der Waals surface area contributed by atoms with Crippen LogP contribution in [0.3, 0.4) is 0 Å². The standard InChI is InChI=1S/C10H21N/c1-3-5-10(2)6-4-9(7-10)8-11/h9H,3-8,11H2,1-2H3. The number of hydrogen-bond acceptors (Lipinski definition) is 1. The zero-order chi connectivity index (χ0) is 8.32. The van der Waals surface area contributed by atoms with E-state index in [0.717, 1.165) is 12.5 Å². The minimum Gasteiger partial charge on any atom is -0.330 e. The van der Waals surface area contributed by atoms with Crippen molar-refractivity contribution in [1.82, 2.24) is 0 Å². The van der Waals surface area contributed by atoms with Crippen molar-refractivity contribution in [2.24, 2.45) is 17.1 Å². The van der Waals surface area contributed by atoms with Gasteiger partial charge in [-0.3, -0.25) is 0 Å². The van der Waals surface area contributed by atoms with Crippen molar-refractivity contribution >= 4 is 0 Å². The molecular weight excluding hydrogens is 134 g/mol. The monoisotopic (exact) mass is 155 g/mol. The van der Waals surface area contributed by atoms with Crippen LogP contribution < -0.4 is 5.73 Å². The van der Waals surface area contributed by atoms with E-state index in [-0.39, 0.29) is 0 Å². The molecule has 0 amide bonds. The highest BCUT2D eigenvalue weighted by molar-refractivity contribution is 4.85. The molecule has 1 heteroatoms. The highest BCUT2D eigenvalue weighted by Crippen LogP contribution is 2.44. The average Bonchev–Trinajstić information content (AvgIpc) is 2.33. The van der Waals surface area contributed by atoms with Gasteiger partial charge < -0.3 is 5.73 Å². The lowest BCUT2D eigenvalue weighted by Gasteiger charge is -2.22. The lowest BCUT2D eigenvalue weighted by atomic mass is 9.83. The molecule has 0 heterocycles. The molecule has 0 aromatic carbocycles. The quantitative estimate of drug-likeness (QED) is 0.666. The van der Waals surface area contributed by atoms with Crippen LogP contribution in [0.5, 0.6) is 0 Å². The fourth-order valence-electron chi connectivity index (χ4n) is 2.49. The third-order valence-corrected chi connectivity index (χ3v) is 3.12. The van der Waals surface area contributed by atoms with Gasteiger partial charge in [0.15, 0.2) is 0 Å². The van der Waals surface area contributed by atoms with Gasteiger partial charge in [0.25, 0.3) is 0 Å². The predicted molar refractivity (Wildman–Crippen MR) is 49.4 cm³/mol. The minimum atomic E-state index is 0.638. The summed E-state index contributed by atoms with van der Waals surface area (Å²) in [5.41, 5.74) is 6.29. The van der Waals surface area contributed by atoms with Crippen LogP contribution in [0.15, 0.2) is 0 Å². The smallest absolute Gasteiger partial charge is 0.00487 e. The fourth-order valence-corrected chi connectivity index (χ4v) is 2.49. The summed E-state index contributed by atoms with van der Waals surface area (Å²) in [5.74, 6) is 0.826. The van der Waals surface area contributed by atoms with E-state index >= 15 is 0 Å². The zero-order valence-electron chi connectivity index (χ0n) is 7.90. The molecule has 0 aromatic rings. The van der Waals surface area contributed by atoms with E-state index in [1.54, 1.807) is 0 Å². The molecule has 0 radical (unpaired) electrons. The van der Waals surface area contributed by atoms with E-state index < -0.39 is 0 Å². The first-order chi connectivity index (χ1) is 5.20.